The lowest BCUT2D eigenvalue weighted by Crippen LogP contribution is -2.47. The predicted molar refractivity (Wildman–Crippen MR) is 122 cm³/mol. The van der Waals surface area contributed by atoms with Crippen molar-refractivity contribution >= 4 is 29.1 Å². The molecule has 1 saturated carbocycles. The third-order valence-electron chi connectivity index (χ3n) is 5.96. The molecule has 166 valence electrons. The van der Waals surface area contributed by atoms with Crippen molar-refractivity contribution in [1.29, 1.82) is 0 Å². The first-order valence-corrected chi connectivity index (χ1v) is 10.5. The van der Waals surface area contributed by atoms with Crippen molar-refractivity contribution in [3.05, 3.63) is 42.0 Å². The number of benzene rings is 2. The fourth-order valence-corrected chi connectivity index (χ4v) is 4.44. The van der Waals surface area contributed by atoms with Gasteiger partial charge in [0.25, 0.3) is 0 Å². The molecule has 1 fully saturated rings. The molecule has 5 nitrogen and oxygen atoms in total. The molecule has 2 aromatic carbocycles. The van der Waals surface area contributed by atoms with Crippen molar-refractivity contribution in [2.45, 2.75) is 50.7 Å². The summed E-state index contributed by atoms with van der Waals surface area (Å²) in [5.41, 5.74) is -0.00756. The highest BCUT2D eigenvalue weighted by Crippen LogP contribution is 2.44. The number of halogens is 1. The number of rotatable bonds is 7. The Morgan fingerprint density at radius 3 is 2.57 bits per heavy atom. The van der Waals surface area contributed by atoms with Crippen LogP contribution in [0, 0.1) is 5.92 Å². The average molecular weight is 436 g/mol. The molecule has 3 rings (SSSR count). The molecule has 0 spiro atoms. The van der Waals surface area contributed by atoms with E-state index >= 15 is 0 Å². The van der Waals surface area contributed by atoms with Crippen LogP contribution in [0.5, 0.6) is 5.75 Å². The average Bonchev–Trinajstić information content (AvgIpc) is 2.69. The summed E-state index contributed by atoms with van der Waals surface area (Å²) in [5.74, 6) is 0.677. The van der Waals surface area contributed by atoms with E-state index in [9.17, 15) is 9.90 Å². The van der Waals surface area contributed by atoms with E-state index in [0.29, 0.717) is 25.7 Å². The minimum atomic E-state index is -0.938. The maximum absolute atomic E-state index is 12.0. The maximum Gasteiger partial charge on any atom is 0.306 e. The van der Waals surface area contributed by atoms with Gasteiger partial charge in [0, 0.05) is 18.9 Å². The summed E-state index contributed by atoms with van der Waals surface area (Å²) in [5, 5.41) is 13.9. The highest BCUT2D eigenvalue weighted by Gasteiger charge is 2.44. The van der Waals surface area contributed by atoms with Gasteiger partial charge in [0.1, 0.15) is 11.9 Å². The van der Waals surface area contributed by atoms with Crippen molar-refractivity contribution in [2.75, 3.05) is 27.7 Å². The quantitative estimate of drug-likeness (QED) is 0.647. The van der Waals surface area contributed by atoms with Gasteiger partial charge in [0.15, 0.2) is 0 Å². The van der Waals surface area contributed by atoms with E-state index in [-0.39, 0.29) is 30.4 Å². The summed E-state index contributed by atoms with van der Waals surface area (Å²) in [7, 11) is 5.69. The van der Waals surface area contributed by atoms with Gasteiger partial charge in [0.2, 0.25) is 0 Å². The highest BCUT2D eigenvalue weighted by molar-refractivity contribution is 5.85. The molecule has 3 unspecified atom stereocenters. The van der Waals surface area contributed by atoms with Crippen LogP contribution in [0.2, 0.25) is 0 Å². The molecule has 0 amide bonds. The van der Waals surface area contributed by atoms with Gasteiger partial charge < -0.3 is 19.5 Å². The Kier molecular flexibility index (Phi) is 8.53. The molecule has 0 bridgehead atoms. The zero-order chi connectivity index (χ0) is 21.0. The minimum Gasteiger partial charge on any atom is -0.497 e. The Balaban J connectivity index is 0.00000320. The lowest BCUT2D eigenvalue weighted by molar-refractivity contribution is -0.159. The summed E-state index contributed by atoms with van der Waals surface area (Å²) < 4.78 is 11.0. The van der Waals surface area contributed by atoms with Gasteiger partial charge in [-0.15, -0.1) is 12.4 Å². The van der Waals surface area contributed by atoms with E-state index in [2.05, 4.69) is 11.0 Å². The molecule has 0 aliphatic heterocycles. The van der Waals surface area contributed by atoms with Crippen LogP contribution in [0.4, 0.5) is 0 Å². The van der Waals surface area contributed by atoms with Crippen LogP contribution in [-0.4, -0.2) is 49.8 Å². The second-order valence-electron chi connectivity index (χ2n) is 8.45. The van der Waals surface area contributed by atoms with E-state index in [0.717, 1.165) is 35.1 Å². The van der Waals surface area contributed by atoms with Crippen LogP contribution >= 0.6 is 12.4 Å². The molecule has 6 heteroatoms. The van der Waals surface area contributed by atoms with Crippen molar-refractivity contribution in [2.24, 2.45) is 5.92 Å². The SMILES string of the molecule is CCCC(=O)OC1CCC(O)(c2ccc3cc(OC)ccc3c2)C(CN(C)C)C1.Cl. The number of hydrogen-bond donors (Lipinski definition) is 1. The molecule has 2 aromatic rings. The number of aliphatic hydroxyl groups is 1. The standard InChI is InChI=1S/C24H33NO4.ClH/c1-5-6-23(26)29-22-11-12-24(27,20(15-22)16-25(2)3)19-9-7-18-14-21(28-4)10-8-17(18)13-19;/h7-10,13-14,20,22,27H,5-6,11-12,15-16H2,1-4H3;1H. The number of carbonyl (C=O) groups excluding carboxylic acids is 1. The Labute approximate surface area is 185 Å². The van der Waals surface area contributed by atoms with Crippen LogP contribution in [0.25, 0.3) is 10.8 Å². The number of hydrogen-bond acceptors (Lipinski definition) is 5. The molecule has 30 heavy (non-hydrogen) atoms. The van der Waals surface area contributed by atoms with E-state index in [1.165, 1.54) is 0 Å². The minimum absolute atomic E-state index is 0. The van der Waals surface area contributed by atoms with Gasteiger partial charge in [-0.25, -0.2) is 0 Å². The zero-order valence-electron chi connectivity index (χ0n) is 18.4. The second kappa shape index (κ2) is 10.5. The zero-order valence-corrected chi connectivity index (χ0v) is 19.2. The maximum atomic E-state index is 12.0. The molecular weight excluding hydrogens is 402 g/mol. The second-order valence-corrected chi connectivity index (χ2v) is 8.45. The molecule has 1 aliphatic rings. The van der Waals surface area contributed by atoms with E-state index in [1.54, 1.807) is 7.11 Å². The molecule has 1 aliphatic carbocycles. The monoisotopic (exact) mass is 435 g/mol. The fourth-order valence-electron chi connectivity index (χ4n) is 4.44. The number of esters is 1. The van der Waals surface area contributed by atoms with Crippen molar-refractivity contribution in [1.82, 2.24) is 4.90 Å². The third kappa shape index (κ3) is 5.45. The molecule has 0 radical (unpaired) electrons. The van der Waals surface area contributed by atoms with Gasteiger partial charge in [-0.05, 0) is 74.3 Å². The summed E-state index contributed by atoms with van der Waals surface area (Å²) >= 11 is 0. The van der Waals surface area contributed by atoms with Gasteiger partial charge in [-0.1, -0.05) is 25.1 Å². The van der Waals surface area contributed by atoms with Crippen molar-refractivity contribution in [3.8, 4) is 5.75 Å². The van der Waals surface area contributed by atoms with E-state index in [4.69, 9.17) is 9.47 Å². The molecule has 3 atom stereocenters. The summed E-state index contributed by atoms with van der Waals surface area (Å²) in [6.07, 6.45) is 3.05. The number of nitrogens with zero attached hydrogens (tertiary/aromatic N) is 1. The molecule has 1 N–H and O–H groups in total. The smallest absolute Gasteiger partial charge is 0.306 e. The van der Waals surface area contributed by atoms with Crippen molar-refractivity contribution < 1.29 is 19.4 Å². The van der Waals surface area contributed by atoms with Crippen LogP contribution in [0.15, 0.2) is 36.4 Å². The highest BCUT2D eigenvalue weighted by atomic mass is 35.5. The Hall–Kier alpha value is -1.82. The largest absolute Gasteiger partial charge is 0.497 e. The van der Waals surface area contributed by atoms with Crippen LogP contribution in [-0.2, 0) is 15.1 Å². The van der Waals surface area contributed by atoms with Gasteiger partial charge >= 0.3 is 5.97 Å². The normalized spacial score (nSPS) is 23.8. The van der Waals surface area contributed by atoms with E-state index < -0.39 is 5.60 Å². The lowest BCUT2D eigenvalue weighted by atomic mass is 9.70. The lowest BCUT2D eigenvalue weighted by Gasteiger charge is -2.44. The van der Waals surface area contributed by atoms with E-state index in [1.807, 2.05) is 51.4 Å². The summed E-state index contributed by atoms with van der Waals surface area (Å²) in [6.45, 7) is 2.71. The number of carbonyl (C=O) groups is 1. The third-order valence-corrected chi connectivity index (χ3v) is 5.96. The van der Waals surface area contributed by atoms with Gasteiger partial charge in [0.05, 0.1) is 12.7 Å². The molecule has 0 saturated heterocycles. The van der Waals surface area contributed by atoms with Crippen LogP contribution in [0.1, 0.15) is 44.6 Å². The Morgan fingerprint density at radius 1 is 1.20 bits per heavy atom. The first-order valence-electron chi connectivity index (χ1n) is 10.5. The van der Waals surface area contributed by atoms with Crippen LogP contribution < -0.4 is 4.74 Å². The number of ether oxygens (including phenoxy) is 2. The van der Waals surface area contributed by atoms with Gasteiger partial charge in [-0.2, -0.15) is 0 Å². The van der Waals surface area contributed by atoms with Crippen LogP contribution in [0.3, 0.4) is 0 Å². The molecule has 0 heterocycles. The first kappa shape index (κ1) is 24.4. The summed E-state index contributed by atoms with van der Waals surface area (Å²) in [6, 6.07) is 12.1. The number of fused-ring (bicyclic) bond motifs is 1. The topological polar surface area (TPSA) is 59.0 Å². The molecule has 0 aromatic heterocycles. The fraction of sp³-hybridized carbons (Fsp3) is 0.542. The molecular formula is C24H34ClNO4. The predicted octanol–water partition coefficient (Wildman–Crippen LogP) is 4.53. The Morgan fingerprint density at radius 2 is 1.90 bits per heavy atom. The summed E-state index contributed by atoms with van der Waals surface area (Å²) in [4.78, 5) is 14.1. The number of methoxy groups -OCH3 is 1. The van der Waals surface area contributed by atoms with Crippen molar-refractivity contribution in [3.63, 3.8) is 0 Å². The first-order chi connectivity index (χ1) is 13.9. The van der Waals surface area contributed by atoms with Gasteiger partial charge in [-0.3, -0.25) is 4.79 Å². The Bertz CT molecular complexity index is 856.